The lowest BCUT2D eigenvalue weighted by atomic mass is 10.1. The van der Waals surface area contributed by atoms with Crippen LogP contribution in [0.4, 0.5) is 0 Å². The van der Waals surface area contributed by atoms with Crippen LogP contribution in [0.5, 0.6) is 0 Å². The van der Waals surface area contributed by atoms with Gasteiger partial charge in [0.05, 0.1) is 24.8 Å². The van der Waals surface area contributed by atoms with Crippen molar-refractivity contribution in [1.29, 1.82) is 0 Å². The molecule has 6 nitrogen and oxygen atoms in total. The van der Waals surface area contributed by atoms with E-state index in [0.29, 0.717) is 38.4 Å². The largest absolute Gasteiger partial charge is 0.478 e. The zero-order valence-corrected chi connectivity index (χ0v) is 12.0. The Morgan fingerprint density at radius 3 is 2.67 bits per heavy atom. The van der Waals surface area contributed by atoms with Crippen molar-refractivity contribution < 1.29 is 19.4 Å². The molecular weight excluding hydrogens is 272 g/mol. The molecule has 1 saturated heterocycles. The zero-order valence-electron chi connectivity index (χ0n) is 12.0. The van der Waals surface area contributed by atoms with Gasteiger partial charge in [0, 0.05) is 19.6 Å². The van der Waals surface area contributed by atoms with Crippen molar-refractivity contribution in [1.82, 2.24) is 10.2 Å². The van der Waals surface area contributed by atoms with Gasteiger partial charge in [0.1, 0.15) is 0 Å². The first-order valence-electron chi connectivity index (χ1n) is 7.00. The number of benzene rings is 1. The average molecular weight is 292 g/mol. The van der Waals surface area contributed by atoms with Crippen LogP contribution >= 0.6 is 0 Å². The molecule has 1 heterocycles. The topological polar surface area (TPSA) is 78.9 Å². The maximum atomic E-state index is 12.2. The fourth-order valence-electron chi connectivity index (χ4n) is 2.29. The van der Waals surface area contributed by atoms with Crippen molar-refractivity contribution in [2.24, 2.45) is 0 Å². The second-order valence-electron chi connectivity index (χ2n) is 5.00. The number of carbonyl (C=O) groups excluding carboxylic acids is 1. The lowest BCUT2D eigenvalue weighted by Gasteiger charge is -2.29. The molecule has 0 spiro atoms. The molecule has 0 bridgehead atoms. The predicted octanol–water partition coefficient (Wildman–Crippen LogP) is 0.722. The van der Waals surface area contributed by atoms with E-state index < -0.39 is 5.97 Å². The Kier molecular flexibility index (Phi) is 5.30. The van der Waals surface area contributed by atoms with Crippen molar-refractivity contribution in [2.75, 3.05) is 26.3 Å². The second-order valence-corrected chi connectivity index (χ2v) is 5.00. The minimum atomic E-state index is -0.959. The predicted molar refractivity (Wildman–Crippen MR) is 77.1 cm³/mol. The van der Waals surface area contributed by atoms with Gasteiger partial charge in [0.2, 0.25) is 5.91 Å². The summed E-state index contributed by atoms with van der Waals surface area (Å²) >= 11 is 0. The molecule has 2 N–H and O–H groups in total. The number of ether oxygens (including phenoxy) is 1. The van der Waals surface area contributed by atoms with Crippen molar-refractivity contribution in [3.05, 3.63) is 35.4 Å². The molecule has 114 valence electrons. The van der Waals surface area contributed by atoms with E-state index >= 15 is 0 Å². The minimum absolute atomic E-state index is 0.0195. The molecule has 1 aliphatic rings. The highest BCUT2D eigenvalue weighted by molar-refractivity contribution is 5.89. The average Bonchev–Trinajstić information content (AvgIpc) is 2.52. The molecular formula is C15H20N2O4. The van der Waals surface area contributed by atoms with Crippen molar-refractivity contribution in [3.63, 3.8) is 0 Å². The fraction of sp³-hybridized carbons (Fsp3) is 0.467. The number of nitrogens with zero attached hydrogens (tertiary/aromatic N) is 1. The van der Waals surface area contributed by atoms with Crippen molar-refractivity contribution in [2.45, 2.75) is 19.5 Å². The lowest BCUT2D eigenvalue weighted by molar-refractivity contribution is -0.137. The summed E-state index contributed by atoms with van der Waals surface area (Å²) in [6.07, 6.45) is 0. The third-order valence-corrected chi connectivity index (χ3v) is 3.54. The Hall–Kier alpha value is -1.92. The summed E-state index contributed by atoms with van der Waals surface area (Å²) in [5.74, 6) is -0.939. The Morgan fingerprint density at radius 2 is 2.00 bits per heavy atom. The van der Waals surface area contributed by atoms with Crippen molar-refractivity contribution >= 4 is 11.9 Å². The number of rotatable bonds is 5. The van der Waals surface area contributed by atoms with Crippen LogP contribution in [0.25, 0.3) is 0 Å². The van der Waals surface area contributed by atoms with E-state index in [0.717, 1.165) is 0 Å². The van der Waals surface area contributed by atoms with Crippen LogP contribution in [-0.2, 0) is 16.1 Å². The molecule has 6 heteroatoms. The number of hydrogen-bond donors (Lipinski definition) is 2. The summed E-state index contributed by atoms with van der Waals surface area (Å²) in [6.45, 7) is 4.49. The molecule has 0 radical (unpaired) electrons. The molecule has 0 saturated carbocycles. The normalized spacial score (nSPS) is 16.5. The van der Waals surface area contributed by atoms with Gasteiger partial charge in [-0.1, -0.05) is 18.2 Å². The number of aromatic carboxylic acids is 1. The van der Waals surface area contributed by atoms with E-state index in [9.17, 15) is 9.59 Å². The Morgan fingerprint density at radius 1 is 1.33 bits per heavy atom. The number of carbonyl (C=O) groups is 2. The smallest absolute Gasteiger partial charge is 0.336 e. The summed E-state index contributed by atoms with van der Waals surface area (Å²) in [7, 11) is 0. The molecule has 0 aromatic heterocycles. The van der Waals surface area contributed by atoms with Gasteiger partial charge in [-0.05, 0) is 18.6 Å². The molecule has 1 aromatic carbocycles. The van der Waals surface area contributed by atoms with E-state index in [1.54, 1.807) is 36.1 Å². The highest BCUT2D eigenvalue weighted by Crippen LogP contribution is 2.09. The molecule has 1 amide bonds. The van der Waals surface area contributed by atoms with E-state index in [1.807, 2.05) is 0 Å². The maximum Gasteiger partial charge on any atom is 0.336 e. The second kappa shape index (κ2) is 7.19. The number of carboxylic acid groups (broad SMARTS) is 1. The van der Waals surface area contributed by atoms with Crippen LogP contribution in [0.15, 0.2) is 24.3 Å². The minimum Gasteiger partial charge on any atom is -0.478 e. The Balaban J connectivity index is 1.93. The van der Waals surface area contributed by atoms with E-state index in [4.69, 9.17) is 9.84 Å². The van der Waals surface area contributed by atoms with Gasteiger partial charge in [-0.25, -0.2) is 4.79 Å². The van der Waals surface area contributed by atoms with Gasteiger partial charge >= 0.3 is 5.97 Å². The van der Waals surface area contributed by atoms with E-state index in [2.05, 4.69) is 5.32 Å². The van der Waals surface area contributed by atoms with Crippen LogP contribution in [0.2, 0.25) is 0 Å². The first-order chi connectivity index (χ1) is 10.1. The zero-order chi connectivity index (χ0) is 15.2. The first kappa shape index (κ1) is 15.5. The first-order valence-corrected chi connectivity index (χ1v) is 7.00. The molecule has 0 aliphatic carbocycles. The van der Waals surface area contributed by atoms with Gasteiger partial charge < -0.3 is 20.1 Å². The lowest BCUT2D eigenvalue weighted by Crippen LogP contribution is -2.49. The van der Waals surface area contributed by atoms with Gasteiger partial charge in [0.25, 0.3) is 0 Å². The molecule has 1 aliphatic heterocycles. The Labute approximate surface area is 123 Å². The highest BCUT2D eigenvalue weighted by Gasteiger charge is 2.22. The molecule has 1 atom stereocenters. The molecule has 1 aromatic rings. The van der Waals surface area contributed by atoms with Gasteiger partial charge in [0.15, 0.2) is 0 Å². The number of carboxylic acids is 1. The summed E-state index contributed by atoms with van der Waals surface area (Å²) in [4.78, 5) is 25.1. The van der Waals surface area contributed by atoms with Gasteiger partial charge in [-0.2, -0.15) is 0 Å². The Bertz CT molecular complexity index is 512. The SMILES string of the molecule is CC(NCc1ccccc1C(=O)O)C(=O)N1CCOCC1. The summed E-state index contributed by atoms with van der Waals surface area (Å²) in [5.41, 5.74) is 0.933. The van der Waals surface area contributed by atoms with Crippen molar-refractivity contribution in [3.8, 4) is 0 Å². The summed E-state index contributed by atoms with van der Waals surface area (Å²) in [6, 6.07) is 6.44. The molecule has 21 heavy (non-hydrogen) atoms. The summed E-state index contributed by atoms with van der Waals surface area (Å²) < 4.78 is 5.22. The quantitative estimate of drug-likeness (QED) is 0.836. The van der Waals surface area contributed by atoms with Crippen LogP contribution in [-0.4, -0.2) is 54.2 Å². The van der Waals surface area contributed by atoms with E-state index in [-0.39, 0.29) is 17.5 Å². The number of morpholine rings is 1. The van der Waals surface area contributed by atoms with Crippen LogP contribution in [0.3, 0.4) is 0 Å². The molecule has 1 unspecified atom stereocenters. The monoisotopic (exact) mass is 292 g/mol. The number of amides is 1. The van der Waals surface area contributed by atoms with Crippen LogP contribution in [0.1, 0.15) is 22.8 Å². The summed E-state index contributed by atoms with van der Waals surface area (Å²) in [5, 5.41) is 12.2. The highest BCUT2D eigenvalue weighted by atomic mass is 16.5. The van der Waals surface area contributed by atoms with E-state index in [1.165, 1.54) is 0 Å². The standard InChI is InChI=1S/C15H20N2O4/c1-11(14(18)17-6-8-21-9-7-17)16-10-12-4-2-3-5-13(12)15(19)20/h2-5,11,16H,6-10H2,1H3,(H,19,20). The molecule has 2 rings (SSSR count). The van der Waals surface area contributed by atoms with Crippen LogP contribution in [0, 0.1) is 0 Å². The van der Waals surface area contributed by atoms with Crippen LogP contribution < -0.4 is 5.32 Å². The number of hydrogen-bond acceptors (Lipinski definition) is 4. The third kappa shape index (κ3) is 4.03. The number of nitrogens with one attached hydrogen (secondary N) is 1. The van der Waals surface area contributed by atoms with Gasteiger partial charge in [-0.15, -0.1) is 0 Å². The fourth-order valence-corrected chi connectivity index (χ4v) is 2.29. The third-order valence-electron chi connectivity index (χ3n) is 3.54. The maximum absolute atomic E-state index is 12.2. The van der Waals surface area contributed by atoms with Gasteiger partial charge in [-0.3, -0.25) is 4.79 Å². The molecule has 1 fully saturated rings.